The van der Waals surface area contributed by atoms with Gasteiger partial charge in [0.05, 0.1) is 11.7 Å². The first-order valence-corrected chi connectivity index (χ1v) is 5.44. The maximum absolute atomic E-state index is 11.0. The number of aliphatic hydroxyl groups excluding tert-OH is 2. The summed E-state index contributed by atoms with van der Waals surface area (Å²) in [6, 6.07) is 4.25. The van der Waals surface area contributed by atoms with Crippen LogP contribution in [0.5, 0.6) is 0 Å². The smallest absolute Gasteiger partial charge is 0.336 e. The van der Waals surface area contributed by atoms with Crippen LogP contribution in [0.4, 0.5) is 0 Å². The van der Waals surface area contributed by atoms with E-state index in [0.29, 0.717) is 0 Å². The summed E-state index contributed by atoms with van der Waals surface area (Å²) in [6.45, 7) is 0.186. The highest BCUT2D eigenvalue weighted by atomic mass is 35.5. The molecular weight excluding hydrogens is 246 g/mol. The van der Waals surface area contributed by atoms with E-state index >= 15 is 0 Å². The maximum Gasteiger partial charge on any atom is 0.336 e. The van der Waals surface area contributed by atoms with E-state index in [1.54, 1.807) is 0 Å². The number of rotatable bonds is 5. The molecule has 0 aliphatic carbocycles. The van der Waals surface area contributed by atoms with Crippen molar-refractivity contribution in [2.24, 2.45) is 5.73 Å². The van der Waals surface area contributed by atoms with Crippen LogP contribution in [0, 0.1) is 0 Å². The van der Waals surface area contributed by atoms with E-state index in [2.05, 4.69) is 0 Å². The summed E-state index contributed by atoms with van der Waals surface area (Å²) in [7, 11) is 0. The Morgan fingerprint density at radius 1 is 1.41 bits per heavy atom. The van der Waals surface area contributed by atoms with Crippen molar-refractivity contribution in [2.75, 3.05) is 6.54 Å². The fraction of sp³-hybridized carbons (Fsp3) is 0.364. The molecule has 1 aromatic rings. The Morgan fingerprint density at radius 3 is 2.59 bits per heavy atom. The second-order valence-electron chi connectivity index (χ2n) is 3.60. The topological polar surface area (TPSA) is 104 Å². The molecule has 0 radical (unpaired) electrons. The summed E-state index contributed by atoms with van der Waals surface area (Å²) in [5.74, 6) is -1.21. The van der Waals surface area contributed by atoms with Crippen LogP contribution in [0.15, 0.2) is 18.2 Å². The van der Waals surface area contributed by atoms with Gasteiger partial charge in [-0.05, 0) is 25.1 Å². The molecule has 0 heterocycles. The number of carboxylic acid groups (broad SMARTS) is 1. The average Bonchev–Trinajstić information content (AvgIpc) is 2.28. The van der Waals surface area contributed by atoms with Gasteiger partial charge >= 0.3 is 5.97 Å². The molecule has 5 N–H and O–H groups in total. The van der Waals surface area contributed by atoms with Gasteiger partial charge in [0.1, 0.15) is 6.10 Å². The number of nitrogens with two attached hydrogens (primary N) is 1. The van der Waals surface area contributed by atoms with E-state index in [4.69, 9.17) is 22.4 Å². The van der Waals surface area contributed by atoms with E-state index in [1.165, 1.54) is 18.2 Å². The zero-order valence-corrected chi connectivity index (χ0v) is 9.76. The molecule has 0 fully saturated rings. The third-order valence-electron chi connectivity index (χ3n) is 2.41. The number of hydrogen-bond donors (Lipinski definition) is 4. The van der Waals surface area contributed by atoms with Crippen molar-refractivity contribution in [3.05, 3.63) is 34.3 Å². The Morgan fingerprint density at radius 2 is 2.06 bits per heavy atom. The number of aliphatic hydroxyl groups is 2. The lowest BCUT2D eigenvalue weighted by atomic mass is 9.97. The predicted molar refractivity (Wildman–Crippen MR) is 63.0 cm³/mol. The Hall–Kier alpha value is -1.14. The summed E-state index contributed by atoms with van der Waals surface area (Å²) in [5.41, 5.74) is 5.15. The van der Waals surface area contributed by atoms with Crippen LogP contribution in [0.2, 0.25) is 5.02 Å². The third-order valence-corrected chi connectivity index (χ3v) is 2.74. The zero-order valence-electron chi connectivity index (χ0n) is 9.01. The van der Waals surface area contributed by atoms with E-state index in [-0.39, 0.29) is 29.1 Å². The van der Waals surface area contributed by atoms with Crippen molar-refractivity contribution in [2.45, 2.75) is 18.6 Å². The van der Waals surface area contributed by atoms with Crippen molar-refractivity contribution in [3.8, 4) is 0 Å². The van der Waals surface area contributed by atoms with Crippen molar-refractivity contribution in [1.82, 2.24) is 0 Å². The van der Waals surface area contributed by atoms with Crippen LogP contribution in [-0.4, -0.2) is 33.9 Å². The molecule has 5 nitrogen and oxygen atoms in total. The molecule has 6 heteroatoms. The zero-order chi connectivity index (χ0) is 13.0. The minimum atomic E-state index is -1.36. The molecule has 0 saturated carbocycles. The molecule has 0 amide bonds. The molecule has 0 spiro atoms. The number of hydrogen-bond acceptors (Lipinski definition) is 4. The Kier molecular flexibility index (Phi) is 4.89. The summed E-state index contributed by atoms with van der Waals surface area (Å²) >= 11 is 5.85. The van der Waals surface area contributed by atoms with Gasteiger partial charge < -0.3 is 21.1 Å². The minimum absolute atomic E-state index is 0.0163. The number of carboxylic acids is 1. The van der Waals surface area contributed by atoms with Crippen LogP contribution < -0.4 is 5.73 Å². The number of halogens is 1. The van der Waals surface area contributed by atoms with Crippen molar-refractivity contribution >= 4 is 17.6 Å². The largest absolute Gasteiger partial charge is 0.478 e. The lowest BCUT2D eigenvalue weighted by molar-refractivity contribution is 0.0141. The van der Waals surface area contributed by atoms with Crippen LogP contribution in [0.1, 0.15) is 28.4 Å². The quantitative estimate of drug-likeness (QED) is 0.626. The molecule has 2 unspecified atom stereocenters. The van der Waals surface area contributed by atoms with E-state index in [9.17, 15) is 15.0 Å². The molecule has 1 aromatic carbocycles. The molecule has 94 valence electrons. The van der Waals surface area contributed by atoms with Gasteiger partial charge in [0.2, 0.25) is 0 Å². The highest BCUT2D eigenvalue weighted by Gasteiger charge is 2.25. The first kappa shape index (κ1) is 13.9. The predicted octanol–water partition coefficient (Wildman–Crippen LogP) is 0.781. The Bertz CT molecular complexity index is 410. The Labute approximate surface area is 103 Å². The first-order chi connectivity index (χ1) is 7.99. The first-order valence-electron chi connectivity index (χ1n) is 5.07. The normalized spacial score (nSPS) is 14.4. The molecule has 1 rings (SSSR count). The summed E-state index contributed by atoms with van der Waals surface area (Å²) < 4.78 is 0. The second-order valence-corrected chi connectivity index (χ2v) is 4.00. The lowest BCUT2D eigenvalue weighted by Crippen LogP contribution is -2.23. The van der Waals surface area contributed by atoms with Crippen LogP contribution in [0.3, 0.4) is 0 Å². The number of carbonyl (C=O) groups is 1. The van der Waals surface area contributed by atoms with Gasteiger partial charge in [0, 0.05) is 10.6 Å². The highest BCUT2D eigenvalue weighted by Crippen LogP contribution is 2.29. The van der Waals surface area contributed by atoms with Crippen molar-refractivity contribution in [1.29, 1.82) is 0 Å². The lowest BCUT2D eigenvalue weighted by Gasteiger charge is -2.20. The average molecular weight is 260 g/mol. The number of aromatic carboxylic acids is 1. The Balaban J connectivity index is 3.15. The minimum Gasteiger partial charge on any atom is -0.478 e. The van der Waals surface area contributed by atoms with Gasteiger partial charge in [-0.15, -0.1) is 0 Å². The maximum atomic E-state index is 11.0. The molecule has 0 aromatic heterocycles. The van der Waals surface area contributed by atoms with Gasteiger partial charge in [-0.25, -0.2) is 4.79 Å². The standard InChI is InChI=1S/C11H14ClNO4/c12-7-3-1-2-6(11(16)17)9(7)10(15)8(14)4-5-13/h1-3,8,10,14-15H,4-5,13H2,(H,16,17). The molecule has 0 saturated heterocycles. The highest BCUT2D eigenvalue weighted by molar-refractivity contribution is 6.31. The monoisotopic (exact) mass is 259 g/mol. The second kappa shape index (κ2) is 5.97. The third kappa shape index (κ3) is 3.17. The van der Waals surface area contributed by atoms with Gasteiger partial charge in [-0.2, -0.15) is 0 Å². The summed E-state index contributed by atoms with van der Waals surface area (Å²) in [5, 5.41) is 28.6. The van der Waals surface area contributed by atoms with Gasteiger partial charge in [-0.1, -0.05) is 17.7 Å². The summed E-state index contributed by atoms with van der Waals surface area (Å²) in [6.07, 6.45) is -2.35. The van der Waals surface area contributed by atoms with E-state index in [0.717, 1.165) is 0 Å². The van der Waals surface area contributed by atoms with Gasteiger partial charge in [0.25, 0.3) is 0 Å². The molecular formula is C11H14ClNO4. The van der Waals surface area contributed by atoms with E-state index in [1.807, 2.05) is 0 Å². The fourth-order valence-electron chi connectivity index (χ4n) is 1.55. The van der Waals surface area contributed by atoms with Crippen molar-refractivity contribution < 1.29 is 20.1 Å². The summed E-state index contributed by atoms with van der Waals surface area (Å²) in [4.78, 5) is 11.0. The molecule has 2 atom stereocenters. The number of benzene rings is 1. The van der Waals surface area contributed by atoms with E-state index < -0.39 is 18.2 Å². The molecule has 0 aliphatic heterocycles. The van der Waals surface area contributed by atoms with Crippen LogP contribution in [0.25, 0.3) is 0 Å². The van der Waals surface area contributed by atoms with Crippen molar-refractivity contribution in [3.63, 3.8) is 0 Å². The van der Waals surface area contributed by atoms with Gasteiger partial charge in [-0.3, -0.25) is 0 Å². The molecule has 17 heavy (non-hydrogen) atoms. The van der Waals surface area contributed by atoms with Gasteiger partial charge in [0.15, 0.2) is 0 Å². The molecule has 0 aliphatic rings. The van der Waals surface area contributed by atoms with Crippen LogP contribution >= 0.6 is 11.6 Å². The molecule has 0 bridgehead atoms. The fourth-order valence-corrected chi connectivity index (χ4v) is 1.83. The SMILES string of the molecule is NCCC(O)C(O)c1c(Cl)cccc1C(=O)O. The van der Waals surface area contributed by atoms with Crippen LogP contribution in [-0.2, 0) is 0 Å².